The van der Waals surface area contributed by atoms with Crippen molar-refractivity contribution in [1.82, 2.24) is 9.88 Å². The molecule has 1 aromatic heterocycles. The summed E-state index contributed by atoms with van der Waals surface area (Å²) in [6, 6.07) is 12.6. The van der Waals surface area contributed by atoms with Crippen LogP contribution in [0, 0.1) is 0 Å². The van der Waals surface area contributed by atoms with Crippen LogP contribution in [0.15, 0.2) is 42.5 Å². The Morgan fingerprint density at radius 2 is 1.81 bits per heavy atom. The van der Waals surface area contributed by atoms with Gasteiger partial charge in [-0.2, -0.15) is 0 Å². The summed E-state index contributed by atoms with van der Waals surface area (Å²) in [6.07, 6.45) is 1.81. The van der Waals surface area contributed by atoms with Gasteiger partial charge >= 0.3 is 0 Å². The quantitative estimate of drug-likeness (QED) is 0.460. The summed E-state index contributed by atoms with van der Waals surface area (Å²) >= 11 is 18.8. The van der Waals surface area contributed by atoms with Crippen LogP contribution in [-0.4, -0.2) is 22.3 Å². The number of fused-ring (bicyclic) bond motifs is 1. The Morgan fingerprint density at radius 3 is 2.52 bits per heavy atom. The lowest BCUT2D eigenvalue weighted by Gasteiger charge is -2.09. The number of carbonyl (C=O) groups is 2. The van der Waals surface area contributed by atoms with Gasteiger partial charge in [-0.15, -0.1) is 0 Å². The minimum Gasteiger partial charge on any atom is -0.346 e. The molecule has 138 valence electrons. The van der Waals surface area contributed by atoms with Crippen LogP contribution < -0.4 is 5.32 Å². The molecule has 0 saturated heterocycles. The number of carbonyl (C=O) groups excluding carboxylic acids is 2. The average Bonchev–Trinajstić information content (AvgIpc) is 3.41. The normalized spacial score (nSPS) is 13.7. The molecule has 1 saturated carbocycles. The third-order valence-corrected chi connectivity index (χ3v) is 5.58. The van der Waals surface area contributed by atoms with E-state index >= 15 is 0 Å². The van der Waals surface area contributed by atoms with E-state index in [4.69, 9.17) is 34.8 Å². The molecular weight excluding hydrogens is 407 g/mol. The summed E-state index contributed by atoms with van der Waals surface area (Å²) in [6.45, 7) is 0.354. The van der Waals surface area contributed by atoms with Gasteiger partial charge in [-0.25, -0.2) is 0 Å². The summed E-state index contributed by atoms with van der Waals surface area (Å²) in [5.74, 6) is -1.24. The third-order valence-electron chi connectivity index (χ3n) is 4.60. The van der Waals surface area contributed by atoms with E-state index in [1.165, 1.54) is 0 Å². The number of amides is 1. The maximum Gasteiger partial charge on any atom is 0.292 e. The molecule has 0 bridgehead atoms. The Balaban J connectivity index is 1.78. The second-order valence-electron chi connectivity index (χ2n) is 6.58. The monoisotopic (exact) mass is 420 g/mol. The van der Waals surface area contributed by atoms with E-state index in [0.29, 0.717) is 22.0 Å². The zero-order chi connectivity index (χ0) is 19.1. The number of hydrogen-bond acceptors (Lipinski definition) is 2. The van der Waals surface area contributed by atoms with E-state index in [2.05, 4.69) is 5.32 Å². The fourth-order valence-corrected chi connectivity index (χ4v) is 3.86. The lowest BCUT2D eigenvalue weighted by molar-refractivity contribution is -0.117. The van der Waals surface area contributed by atoms with Crippen molar-refractivity contribution in [2.24, 2.45) is 0 Å². The summed E-state index contributed by atoms with van der Waals surface area (Å²) in [4.78, 5) is 25.1. The summed E-state index contributed by atoms with van der Waals surface area (Å²) in [5, 5.41) is 4.64. The number of Topliss-reactive ketones (excluding diaryl/α,β-unsaturated/α-hetero) is 1. The van der Waals surface area contributed by atoms with Crippen molar-refractivity contribution < 1.29 is 9.59 Å². The molecule has 4 nitrogen and oxygen atoms in total. The number of nitrogens with zero attached hydrogens (tertiary/aromatic N) is 1. The Labute approximate surface area is 171 Å². The standard InChI is InChI=1S/C20H15Cl3N2O2/c21-12-6-5-11(15(22)9-12)10-25-16-4-2-1-3-14(16)17(19(25)23)18(26)20(27)24-13-7-8-13/h1-6,9,13H,7-8,10H2,(H,24,27). The fourth-order valence-electron chi connectivity index (χ4n) is 3.06. The third kappa shape index (κ3) is 3.57. The molecule has 0 atom stereocenters. The number of rotatable bonds is 5. The van der Waals surface area contributed by atoms with Gasteiger partial charge in [0.25, 0.3) is 11.7 Å². The van der Waals surface area contributed by atoms with Gasteiger partial charge in [0.05, 0.1) is 17.6 Å². The van der Waals surface area contributed by atoms with Crippen molar-refractivity contribution in [3.63, 3.8) is 0 Å². The first-order valence-electron chi connectivity index (χ1n) is 8.51. The lowest BCUT2D eigenvalue weighted by atomic mass is 10.1. The van der Waals surface area contributed by atoms with Crippen LogP contribution in [0.2, 0.25) is 15.2 Å². The summed E-state index contributed by atoms with van der Waals surface area (Å²) in [7, 11) is 0. The molecule has 1 aliphatic carbocycles. The largest absolute Gasteiger partial charge is 0.346 e. The van der Waals surface area contributed by atoms with Crippen molar-refractivity contribution in [2.75, 3.05) is 0 Å². The van der Waals surface area contributed by atoms with Crippen LogP contribution in [0.1, 0.15) is 28.8 Å². The molecule has 0 radical (unpaired) electrons. The first-order chi connectivity index (χ1) is 13.0. The minimum atomic E-state index is -0.621. The maximum atomic E-state index is 12.8. The molecule has 0 aliphatic heterocycles. The number of halogens is 3. The highest BCUT2D eigenvalue weighted by Gasteiger charge is 2.30. The second kappa shape index (κ2) is 7.19. The Bertz CT molecular complexity index is 1070. The van der Waals surface area contributed by atoms with Gasteiger partial charge in [-0.3, -0.25) is 9.59 Å². The molecule has 1 amide bonds. The van der Waals surface area contributed by atoms with Gasteiger partial charge in [0, 0.05) is 21.5 Å². The molecular formula is C20H15Cl3N2O2. The molecule has 1 N–H and O–H groups in total. The molecule has 4 rings (SSSR count). The van der Waals surface area contributed by atoms with Crippen LogP contribution >= 0.6 is 34.8 Å². The van der Waals surface area contributed by atoms with Gasteiger partial charge < -0.3 is 9.88 Å². The Morgan fingerprint density at radius 1 is 1.07 bits per heavy atom. The first kappa shape index (κ1) is 18.4. The predicted molar refractivity (Wildman–Crippen MR) is 108 cm³/mol. The molecule has 1 heterocycles. The number of ketones is 1. The number of nitrogens with one attached hydrogen (secondary N) is 1. The SMILES string of the molecule is O=C(NC1CC1)C(=O)c1c(Cl)n(Cc2ccc(Cl)cc2Cl)c2ccccc12. The van der Waals surface area contributed by atoms with Gasteiger partial charge in [-0.05, 0) is 36.6 Å². The molecule has 3 aromatic rings. The van der Waals surface area contributed by atoms with Crippen molar-refractivity contribution in [1.29, 1.82) is 0 Å². The van der Waals surface area contributed by atoms with Crippen LogP contribution in [0.5, 0.6) is 0 Å². The maximum absolute atomic E-state index is 12.8. The molecule has 27 heavy (non-hydrogen) atoms. The highest BCUT2D eigenvalue weighted by molar-refractivity contribution is 6.49. The van der Waals surface area contributed by atoms with Crippen LogP contribution in [-0.2, 0) is 11.3 Å². The highest BCUT2D eigenvalue weighted by Crippen LogP contribution is 2.33. The predicted octanol–water partition coefficient (Wildman–Crippen LogP) is 5.11. The number of benzene rings is 2. The van der Waals surface area contributed by atoms with E-state index in [1.807, 2.05) is 24.3 Å². The van der Waals surface area contributed by atoms with E-state index in [9.17, 15) is 9.59 Å². The smallest absolute Gasteiger partial charge is 0.292 e. The van der Waals surface area contributed by atoms with E-state index in [-0.39, 0.29) is 16.8 Å². The van der Waals surface area contributed by atoms with Crippen LogP contribution in [0.4, 0.5) is 0 Å². The summed E-state index contributed by atoms with van der Waals surface area (Å²) in [5.41, 5.74) is 1.79. The van der Waals surface area contributed by atoms with E-state index in [0.717, 1.165) is 23.9 Å². The minimum absolute atomic E-state index is 0.0986. The van der Waals surface area contributed by atoms with Gasteiger partial charge in [-0.1, -0.05) is 59.1 Å². The second-order valence-corrected chi connectivity index (χ2v) is 7.78. The van der Waals surface area contributed by atoms with Crippen LogP contribution in [0.25, 0.3) is 10.9 Å². The topological polar surface area (TPSA) is 51.1 Å². The lowest BCUT2D eigenvalue weighted by Crippen LogP contribution is -2.32. The number of para-hydroxylation sites is 1. The molecule has 1 aliphatic rings. The molecule has 1 fully saturated rings. The zero-order valence-corrected chi connectivity index (χ0v) is 16.4. The zero-order valence-electron chi connectivity index (χ0n) is 14.1. The van der Waals surface area contributed by atoms with Gasteiger partial charge in [0.15, 0.2) is 0 Å². The fraction of sp³-hybridized carbons (Fsp3) is 0.200. The highest BCUT2D eigenvalue weighted by atomic mass is 35.5. The number of aromatic nitrogens is 1. The van der Waals surface area contributed by atoms with Crippen molar-refractivity contribution in [2.45, 2.75) is 25.4 Å². The average molecular weight is 422 g/mol. The van der Waals surface area contributed by atoms with E-state index < -0.39 is 11.7 Å². The van der Waals surface area contributed by atoms with Crippen molar-refractivity contribution in [3.05, 3.63) is 68.8 Å². The molecule has 0 unspecified atom stereocenters. The van der Waals surface area contributed by atoms with Gasteiger partial charge in [0.2, 0.25) is 0 Å². The Hall–Kier alpha value is -2.01. The summed E-state index contributed by atoms with van der Waals surface area (Å²) < 4.78 is 1.78. The Kier molecular flexibility index (Phi) is 4.89. The van der Waals surface area contributed by atoms with Gasteiger partial charge in [0.1, 0.15) is 5.15 Å². The van der Waals surface area contributed by atoms with Crippen LogP contribution in [0.3, 0.4) is 0 Å². The number of hydrogen-bond donors (Lipinski definition) is 1. The van der Waals surface area contributed by atoms with Crippen molar-refractivity contribution in [3.8, 4) is 0 Å². The molecule has 0 spiro atoms. The molecule has 2 aromatic carbocycles. The van der Waals surface area contributed by atoms with E-state index in [1.54, 1.807) is 22.8 Å². The first-order valence-corrected chi connectivity index (χ1v) is 9.65. The molecule has 7 heteroatoms. The van der Waals surface area contributed by atoms with Crippen molar-refractivity contribution >= 4 is 57.4 Å².